The van der Waals surface area contributed by atoms with Gasteiger partial charge in [0.15, 0.2) is 0 Å². The second-order valence-corrected chi connectivity index (χ2v) is 6.42. The highest BCUT2D eigenvalue weighted by molar-refractivity contribution is 9.10. The van der Waals surface area contributed by atoms with Crippen molar-refractivity contribution in [1.82, 2.24) is 9.88 Å². The van der Waals surface area contributed by atoms with E-state index in [2.05, 4.69) is 33.4 Å². The van der Waals surface area contributed by atoms with Crippen LogP contribution in [0, 0.1) is 0 Å². The third kappa shape index (κ3) is 2.54. The van der Waals surface area contributed by atoms with Crippen LogP contribution in [0.5, 0.6) is 0 Å². The Hall–Kier alpha value is -1.13. The zero-order chi connectivity index (χ0) is 14.1. The van der Waals surface area contributed by atoms with Crippen molar-refractivity contribution in [2.45, 2.75) is 31.7 Å². The summed E-state index contributed by atoms with van der Waals surface area (Å²) < 4.78 is 2.73. The smallest absolute Gasteiger partial charge is 0.254 e. The second kappa shape index (κ2) is 5.70. The number of piperidine rings is 1. The molecule has 2 aromatic rings. The maximum Gasteiger partial charge on any atom is 0.254 e. The molecular formula is C16H19BrN2O. The largest absolute Gasteiger partial charge is 0.314 e. The molecule has 0 spiro atoms. The molecule has 1 aromatic heterocycles. The van der Waals surface area contributed by atoms with Gasteiger partial charge in [-0.1, -0.05) is 18.6 Å². The van der Waals surface area contributed by atoms with E-state index >= 15 is 0 Å². The van der Waals surface area contributed by atoms with Crippen LogP contribution in [0.15, 0.2) is 33.5 Å². The predicted molar refractivity (Wildman–Crippen MR) is 86.2 cm³/mol. The molecule has 20 heavy (non-hydrogen) atoms. The van der Waals surface area contributed by atoms with Gasteiger partial charge in [0.1, 0.15) is 0 Å². The maximum atomic E-state index is 12.5. The molecule has 106 valence electrons. The van der Waals surface area contributed by atoms with E-state index in [1.54, 1.807) is 4.57 Å². The van der Waals surface area contributed by atoms with Gasteiger partial charge in [-0.05, 0) is 59.3 Å². The highest BCUT2D eigenvalue weighted by Gasteiger charge is 2.16. The molecule has 1 fully saturated rings. The topological polar surface area (TPSA) is 34.0 Å². The van der Waals surface area contributed by atoms with E-state index in [0.717, 1.165) is 33.9 Å². The van der Waals surface area contributed by atoms with E-state index in [9.17, 15) is 4.79 Å². The Morgan fingerprint density at radius 3 is 3.00 bits per heavy atom. The Balaban J connectivity index is 2.03. The molecule has 0 amide bonds. The first kappa shape index (κ1) is 13.8. The summed E-state index contributed by atoms with van der Waals surface area (Å²) in [6, 6.07) is 8.56. The zero-order valence-electron chi connectivity index (χ0n) is 11.7. The Morgan fingerprint density at radius 2 is 2.25 bits per heavy atom. The van der Waals surface area contributed by atoms with Crippen LogP contribution in [0.2, 0.25) is 0 Å². The van der Waals surface area contributed by atoms with E-state index in [4.69, 9.17) is 0 Å². The van der Waals surface area contributed by atoms with Crippen LogP contribution in [-0.4, -0.2) is 17.2 Å². The van der Waals surface area contributed by atoms with Crippen LogP contribution in [0.25, 0.3) is 10.9 Å². The summed E-state index contributed by atoms with van der Waals surface area (Å²) in [4.78, 5) is 12.5. The quantitative estimate of drug-likeness (QED) is 0.916. The van der Waals surface area contributed by atoms with Gasteiger partial charge in [-0.3, -0.25) is 4.79 Å². The molecule has 0 saturated carbocycles. The molecule has 3 rings (SSSR count). The number of hydrogen-bond acceptors (Lipinski definition) is 2. The molecule has 1 N–H and O–H groups in total. The number of aryl methyl sites for hydroxylation is 1. The third-order valence-corrected chi connectivity index (χ3v) is 4.78. The highest BCUT2D eigenvalue weighted by atomic mass is 79.9. The van der Waals surface area contributed by atoms with Gasteiger partial charge < -0.3 is 9.88 Å². The van der Waals surface area contributed by atoms with Crippen molar-refractivity contribution in [2.75, 3.05) is 6.54 Å². The van der Waals surface area contributed by atoms with Crippen LogP contribution in [0.4, 0.5) is 0 Å². The maximum absolute atomic E-state index is 12.5. The van der Waals surface area contributed by atoms with Gasteiger partial charge in [-0.2, -0.15) is 0 Å². The monoisotopic (exact) mass is 334 g/mol. The van der Waals surface area contributed by atoms with Gasteiger partial charge in [0.2, 0.25) is 0 Å². The summed E-state index contributed by atoms with van der Waals surface area (Å²) in [5, 5.41) is 4.63. The lowest BCUT2D eigenvalue weighted by atomic mass is 9.97. The first-order valence-electron chi connectivity index (χ1n) is 7.17. The first-order valence-corrected chi connectivity index (χ1v) is 7.96. The van der Waals surface area contributed by atoms with Crippen LogP contribution in [0.1, 0.15) is 24.8 Å². The highest BCUT2D eigenvalue weighted by Crippen LogP contribution is 2.23. The minimum absolute atomic E-state index is 0.122. The zero-order valence-corrected chi connectivity index (χ0v) is 13.2. The van der Waals surface area contributed by atoms with Crippen LogP contribution >= 0.6 is 15.9 Å². The van der Waals surface area contributed by atoms with E-state index in [1.165, 1.54) is 19.3 Å². The number of fused-ring (bicyclic) bond motifs is 1. The average Bonchev–Trinajstić information content (AvgIpc) is 2.45. The van der Waals surface area contributed by atoms with Crippen LogP contribution in [-0.2, 0) is 13.5 Å². The molecular weight excluding hydrogens is 316 g/mol. The number of para-hydroxylation sites is 1. The fourth-order valence-corrected chi connectivity index (χ4v) is 3.73. The summed E-state index contributed by atoms with van der Waals surface area (Å²) in [5.41, 5.74) is 2.01. The third-order valence-electron chi connectivity index (χ3n) is 4.14. The Morgan fingerprint density at radius 1 is 1.40 bits per heavy atom. The lowest BCUT2D eigenvalue weighted by Crippen LogP contribution is -2.37. The summed E-state index contributed by atoms with van der Waals surface area (Å²) in [7, 11) is 1.85. The molecule has 2 heterocycles. The molecule has 1 saturated heterocycles. The van der Waals surface area contributed by atoms with Gasteiger partial charge in [-0.15, -0.1) is 0 Å². The van der Waals surface area contributed by atoms with Crippen molar-refractivity contribution in [1.29, 1.82) is 0 Å². The number of nitrogens with zero attached hydrogens (tertiary/aromatic N) is 1. The fourth-order valence-electron chi connectivity index (χ4n) is 3.08. The minimum atomic E-state index is 0.122. The van der Waals surface area contributed by atoms with Crippen molar-refractivity contribution in [3.05, 3.63) is 44.7 Å². The van der Waals surface area contributed by atoms with Gasteiger partial charge in [0.25, 0.3) is 5.56 Å². The normalized spacial score (nSPS) is 19.4. The van der Waals surface area contributed by atoms with Crippen LogP contribution < -0.4 is 10.9 Å². The second-order valence-electron chi connectivity index (χ2n) is 5.56. The predicted octanol–water partition coefficient (Wildman–Crippen LogP) is 2.99. The fraction of sp³-hybridized carbons (Fsp3) is 0.438. The molecule has 1 aromatic carbocycles. The number of halogens is 1. The molecule has 1 atom stereocenters. The van der Waals surface area contributed by atoms with Gasteiger partial charge in [0.05, 0.1) is 5.52 Å². The van der Waals surface area contributed by atoms with Crippen molar-refractivity contribution in [2.24, 2.45) is 7.05 Å². The number of nitrogens with one attached hydrogen (secondary N) is 1. The number of benzene rings is 1. The SMILES string of the molecule is Cn1c(=O)c(CC2CCCCN2)cc2cccc(Br)c21. The Labute approximate surface area is 127 Å². The summed E-state index contributed by atoms with van der Waals surface area (Å²) >= 11 is 3.53. The Kier molecular flexibility index (Phi) is 3.94. The standard InChI is InChI=1S/C16H19BrN2O/c1-19-15-11(5-4-7-14(15)17)9-12(16(19)20)10-13-6-2-3-8-18-13/h4-5,7,9,13,18H,2-3,6,8,10H2,1H3. The van der Waals surface area contributed by atoms with E-state index in [1.807, 2.05) is 19.2 Å². The molecule has 4 heteroatoms. The van der Waals surface area contributed by atoms with Crippen molar-refractivity contribution >= 4 is 26.8 Å². The van der Waals surface area contributed by atoms with E-state index < -0.39 is 0 Å². The van der Waals surface area contributed by atoms with Crippen molar-refractivity contribution in [3.8, 4) is 0 Å². The average molecular weight is 335 g/mol. The number of pyridine rings is 1. The Bertz CT molecular complexity index is 687. The number of hydrogen-bond donors (Lipinski definition) is 1. The number of aromatic nitrogens is 1. The molecule has 0 bridgehead atoms. The molecule has 1 aliphatic rings. The van der Waals surface area contributed by atoms with Crippen LogP contribution in [0.3, 0.4) is 0 Å². The lowest BCUT2D eigenvalue weighted by Gasteiger charge is -2.23. The van der Waals surface area contributed by atoms with E-state index in [0.29, 0.717) is 6.04 Å². The molecule has 3 nitrogen and oxygen atoms in total. The van der Waals surface area contributed by atoms with Gasteiger partial charge in [-0.25, -0.2) is 0 Å². The first-order chi connectivity index (χ1) is 9.66. The lowest BCUT2D eigenvalue weighted by molar-refractivity contribution is 0.398. The molecule has 1 aliphatic heterocycles. The molecule has 1 unspecified atom stereocenters. The summed E-state index contributed by atoms with van der Waals surface area (Å²) in [5.74, 6) is 0. The van der Waals surface area contributed by atoms with E-state index in [-0.39, 0.29) is 5.56 Å². The van der Waals surface area contributed by atoms with Crippen molar-refractivity contribution < 1.29 is 0 Å². The summed E-state index contributed by atoms with van der Waals surface area (Å²) in [6.45, 7) is 1.07. The van der Waals surface area contributed by atoms with Gasteiger partial charge in [0, 0.05) is 23.1 Å². The minimum Gasteiger partial charge on any atom is -0.314 e. The van der Waals surface area contributed by atoms with Crippen molar-refractivity contribution in [3.63, 3.8) is 0 Å². The molecule has 0 radical (unpaired) electrons. The number of rotatable bonds is 2. The summed E-state index contributed by atoms with van der Waals surface area (Å²) in [6.07, 6.45) is 4.51. The van der Waals surface area contributed by atoms with Gasteiger partial charge >= 0.3 is 0 Å². The molecule has 0 aliphatic carbocycles.